The molecule has 2 aromatic rings. The first kappa shape index (κ1) is 30.9. The summed E-state index contributed by atoms with van der Waals surface area (Å²) in [6.45, 7) is 6.88. The zero-order valence-corrected chi connectivity index (χ0v) is 23.2. The number of aromatic amines is 1. The number of aryl methyl sites for hydroxylation is 1. The number of aliphatic hydroxyl groups is 3. The number of aliphatic hydroxyl groups excluding tert-OH is 3. The van der Waals surface area contributed by atoms with E-state index < -0.39 is 46.3 Å². The van der Waals surface area contributed by atoms with Crippen LogP contribution in [-0.2, 0) is 26.0 Å². The minimum Gasteiger partial charge on any atom is -0.388 e. The van der Waals surface area contributed by atoms with Crippen LogP contribution in [0.25, 0.3) is 11.2 Å². The Morgan fingerprint density at radius 1 is 1.21 bits per heavy atom. The van der Waals surface area contributed by atoms with E-state index in [-0.39, 0.29) is 30.2 Å². The van der Waals surface area contributed by atoms with Crippen LogP contribution in [0.3, 0.4) is 0 Å². The molecule has 0 aliphatic carbocycles. The third-order valence-corrected chi connectivity index (χ3v) is 7.88. The Bertz CT molecular complexity index is 1280. The molecule has 15 nitrogen and oxygen atoms in total. The molecule has 0 bridgehead atoms. The van der Waals surface area contributed by atoms with E-state index >= 15 is 0 Å². The highest BCUT2D eigenvalue weighted by atomic mass is 32.2. The smallest absolute Gasteiger partial charge is 0.280 e. The Morgan fingerprint density at radius 2 is 1.92 bits per heavy atom. The first-order chi connectivity index (χ1) is 18.5. The van der Waals surface area contributed by atoms with E-state index in [4.69, 9.17) is 15.2 Å². The summed E-state index contributed by atoms with van der Waals surface area (Å²) >= 11 is 0. The predicted molar refractivity (Wildman–Crippen MR) is 143 cm³/mol. The van der Waals surface area contributed by atoms with Crippen molar-refractivity contribution in [3.8, 4) is 0 Å². The van der Waals surface area contributed by atoms with Gasteiger partial charge in [0.25, 0.3) is 15.6 Å². The van der Waals surface area contributed by atoms with Gasteiger partial charge in [0.2, 0.25) is 5.95 Å². The van der Waals surface area contributed by atoms with E-state index in [1.165, 1.54) is 6.33 Å². The Kier molecular flexibility index (Phi) is 10.8. The lowest BCUT2D eigenvalue weighted by Crippen LogP contribution is -2.57. The number of rotatable bonds is 13. The maximum Gasteiger partial charge on any atom is 0.280 e. The number of sulfonamides is 1. The molecule has 0 spiro atoms. The molecule has 1 saturated heterocycles. The quantitative estimate of drug-likeness (QED) is 0.113. The molecule has 2 aromatic heterocycles. The van der Waals surface area contributed by atoms with Gasteiger partial charge in [-0.25, -0.2) is 13.4 Å². The highest BCUT2D eigenvalue weighted by molar-refractivity contribution is 7.90. The van der Waals surface area contributed by atoms with Crippen LogP contribution < -0.4 is 11.3 Å². The molecule has 3 heterocycles. The second-order valence-corrected chi connectivity index (χ2v) is 11.1. The number of nitrogens with one attached hydrogen (secondary N) is 1. The Balaban J connectivity index is 1.53. The first-order valence-electron chi connectivity index (χ1n) is 13.1. The molecule has 16 heteroatoms. The average molecular weight is 574 g/mol. The Morgan fingerprint density at radius 3 is 2.62 bits per heavy atom. The lowest BCUT2D eigenvalue weighted by Gasteiger charge is -2.39. The van der Waals surface area contributed by atoms with E-state index in [2.05, 4.69) is 19.3 Å². The van der Waals surface area contributed by atoms with Crippen LogP contribution in [0.4, 0.5) is 5.95 Å². The minimum atomic E-state index is -3.77. The molecule has 6 N–H and O–H groups in total. The van der Waals surface area contributed by atoms with Crippen LogP contribution in [0, 0.1) is 0 Å². The number of fused-ring (bicyclic) bond motifs is 1. The van der Waals surface area contributed by atoms with Gasteiger partial charge in [0.1, 0.15) is 24.1 Å². The largest absolute Gasteiger partial charge is 0.388 e. The third-order valence-electron chi connectivity index (χ3n) is 6.58. The fraction of sp³-hybridized carbons (Fsp3) is 0.739. The minimum absolute atomic E-state index is 0.000931. The molecule has 220 valence electrons. The van der Waals surface area contributed by atoms with Crippen molar-refractivity contribution in [2.45, 2.75) is 83.7 Å². The third kappa shape index (κ3) is 7.95. The van der Waals surface area contributed by atoms with Crippen LogP contribution in [0.2, 0.25) is 0 Å². The van der Waals surface area contributed by atoms with Crippen molar-refractivity contribution in [3.05, 3.63) is 16.7 Å². The van der Waals surface area contributed by atoms with Crippen molar-refractivity contribution in [1.82, 2.24) is 24.4 Å². The maximum atomic E-state index is 12.8. The van der Waals surface area contributed by atoms with Crippen molar-refractivity contribution in [1.29, 1.82) is 0 Å². The molecule has 1 fully saturated rings. The van der Waals surface area contributed by atoms with Gasteiger partial charge in [0.05, 0.1) is 24.8 Å². The summed E-state index contributed by atoms with van der Waals surface area (Å²) in [6, 6.07) is 0. The number of aromatic nitrogens is 4. The van der Waals surface area contributed by atoms with Gasteiger partial charge < -0.3 is 40.0 Å². The van der Waals surface area contributed by atoms with Crippen molar-refractivity contribution in [2.75, 3.05) is 31.2 Å². The highest BCUT2D eigenvalue weighted by Crippen LogP contribution is 2.22. The molecule has 3 rings (SSSR count). The molecular weight excluding hydrogens is 534 g/mol. The van der Waals surface area contributed by atoms with Gasteiger partial charge in [0.15, 0.2) is 17.5 Å². The second-order valence-electron chi connectivity index (χ2n) is 9.39. The number of amidine groups is 1. The zero-order valence-electron chi connectivity index (χ0n) is 22.4. The van der Waals surface area contributed by atoms with Crippen LogP contribution in [0.1, 0.15) is 46.5 Å². The van der Waals surface area contributed by atoms with Gasteiger partial charge in [-0.2, -0.15) is 9.38 Å². The number of H-pyrrole nitrogens is 1. The summed E-state index contributed by atoms with van der Waals surface area (Å²) in [5.74, 6) is 0.193. The maximum absolute atomic E-state index is 12.8. The number of unbranched alkanes of at least 4 members (excludes halogenated alkanes) is 2. The molecule has 5 atom stereocenters. The molecule has 39 heavy (non-hydrogen) atoms. The van der Waals surface area contributed by atoms with E-state index in [0.29, 0.717) is 50.4 Å². The van der Waals surface area contributed by atoms with E-state index in [9.17, 15) is 28.5 Å². The number of ether oxygens (including phenoxy) is 2. The van der Waals surface area contributed by atoms with Crippen molar-refractivity contribution in [3.63, 3.8) is 0 Å². The lowest BCUT2D eigenvalue weighted by atomic mass is 10.0. The van der Waals surface area contributed by atoms with Gasteiger partial charge in [-0.3, -0.25) is 9.78 Å². The number of nitrogens with two attached hydrogens (primary N) is 1. The van der Waals surface area contributed by atoms with E-state index in [1.54, 1.807) is 11.5 Å². The van der Waals surface area contributed by atoms with Crippen molar-refractivity contribution in [2.24, 2.45) is 4.40 Å². The van der Waals surface area contributed by atoms with Gasteiger partial charge >= 0.3 is 0 Å². The molecular formula is C23H39N7O8S. The lowest BCUT2D eigenvalue weighted by molar-refractivity contribution is -0.292. The van der Waals surface area contributed by atoms with E-state index in [0.717, 1.165) is 0 Å². The van der Waals surface area contributed by atoms with Crippen LogP contribution in [0.15, 0.2) is 15.5 Å². The second kappa shape index (κ2) is 13.6. The summed E-state index contributed by atoms with van der Waals surface area (Å²) in [4.78, 5) is 24.3. The fourth-order valence-corrected chi connectivity index (χ4v) is 5.54. The number of imidazole rings is 1. The summed E-state index contributed by atoms with van der Waals surface area (Å²) in [6.07, 6.45) is -2.73. The molecule has 1 aliphatic rings. The number of anilines is 1. The molecule has 0 aromatic carbocycles. The standard InChI is InChI=1S/C23H39N7O8S/c1-4-29(5-2)15(9-11-37-22-19(33)18(32)17(31)14(3)38-22)28-39(35,36)12-8-6-7-10-30-13-25-16-20(30)26-23(24)27-21(16)34/h13-14,17-19,22,31-33H,4-12H2,1-3H3,(H3,24,26,27,34)/t14-,17+,18+,19-,22-/m0/s1. The number of hydrogen-bond acceptors (Lipinski definition) is 11. The monoisotopic (exact) mass is 573 g/mol. The number of hydrogen-bond donors (Lipinski definition) is 5. The van der Waals surface area contributed by atoms with Crippen LogP contribution >= 0.6 is 0 Å². The first-order valence-corrected chi connectivity index (χ1v) is 14.7. The Hall–Kier alpha value is -2.63. The van der Waals surface area contributed by atoms with Gasteiger partial charge in [-0.05, 0) is 33.6 Å². The number of nitrogen functional groups attached to an aromatic ring is 1. The SMILES string of the molecule is CCN(CC)C(CCO[C@H]1O[C@@H](C)[C@@H](O)[C@@H](O)[C@@H]1O)=NS(=O)(=O)CCCCCn1cnc2c(=O)[nH]c(N)nc21. The summed E-state index contributed by atoms with van der Waals surface area (Å²) in [5, 5.41) is 29.9. The van der Waals surface area contributed by atoms with Crippen LogP contribution in [-0.4, -0.2) is 110 Å². The normalized spacial score (nSPS) is 24.4. The average Bonchev–Trinajstić information content (AvgIpc) is 3.28. The summed E-state index contributed by atoms with van der Waals surface area (Å²) in [7, 11) is -3.77. The molecule has 0 unspecified atom stereocenters. The van der Waals surface area contributed by atoms with Crippen molar-refractivity contribution >= 4 is 33.0 Å². The summed E-state index contributed by atoms with van der Waals surface area (Å²) < 4.78 is 42.4. The van der Waals surface area contributed by atoms with Crippen LogP contribution in [0.5, 0.6) is 0 Å². The summed E-state index contributed by atoms with van der Waals surface area (Å²) in [5.41, 5.74) is 5.78. The molecule has 0 saturated carbocycles. The highest BCUT2D eigenvalue weighted by Gasteiger charge is 2.42. The zero-order chi connectivity index (χ0) is 28.7. The molecule has 0 amide bonds. The molecule has 0 radical (unpaired) electrons. The number of nitrogens with zero attached hydrogens (tertiary/aromatic N) is 5. The van der Waals surface area contributed by atoms with Crippen molar-refractivity contribution < 1.29 is 33.2 Å². The fourth-order valence-electron chi connectivity index (χ4n) is 4.35. The Labute approximate surface area is 226 Å². The molecule has 1 aliphatic heterocycles. The van der Waals surface area contributed by atoms with Gasteiger partial charge in [-0.15, -0.1) is 0 Å². The topological polar surface area (TPSA) is 218 Å². The predicted octanol–water partition coefficient (Wildman–Crippen LogP) is -0.824. The van der Waals surface area contributed by atoms with E-state index in [1.807, 2.05) is 18.7 Å². The van der Waals surface area contributed by atoms with Gasteiger partial charge in [-0.1, -0.05) is 6.42 Å². The van der Waals surface area contributed by atoms with Gasteiger partial charge in [0, 0.05) is 26.1 Å².